The van der Waals surface area contributed by atoms with Crippen LogP contribution >= 0.6 is 0 Å². The van der Waals surface area contributed by atoms with Crippen LogP contribution in [0.5, 0.6) is 0 Å². The van der Waals surface area contributed by atoms with Crippen molar-refractivity contribution in [2.24, 2.45) is 0 Å². The molecule has 0 saturated carbocycles. The maximum atomic E-state index is 12.3. The first kappa shape index (κ1) is 16.7. The van der Waals surface area contributed by atoms with Crippen molar-refractivity contribution in [2.75, 3.05) is 11.9 Å². The molecule has 0 atom stereocenters. The molecule has 0 aliphatic carbocycles. The van der Waals surface area contributed by atoms with Crippen LogP contribution in [0.2, 0.25) is 0 Å². The second-order valence-corrected chi connectivity index (χ2v) is 5.80. The molecule has 23 heavy (non-hydrogen) atoms. The molecule has 0 aliphatic rings. The summed E-state index contributed by atoms with van der Waals surface area (Å²) in [7, 11) is 1.78. The number of aryl methyl sites for hydroxylation is 3. The zero-order valence-corrected chi connectivity index (χ0v) is 13.7. The zero-order chi connectivity index (χ0) is 17.0. The minimum Gasteiger partial charge on any atom is -0.478 e. The predicted molar refractivity (Wildman–Crippen MR) is 91.0 cm³/mol. The van der Waals surface area contributed by atoms with E-state index in [9.17, 15) is 9.59 Å². The van der Waals surface area contributed by atoms with Gasteiger partial charge in [0.2, 0.25) is 5.91 Å². The van der Waals surface area contributed by atoms with Gasteiger partial charge in [-0.1, -0.05) is 18.2 Å². The van der Waals surface area contributed by atoms with E-state index in [0.29, 0.717) is 12.8 Å². The molecule has 4 heteroatoms. The highest BCUT2D eigenvalue weighted by Crippen LogP contribution is 2.19. The van der Waals surface area contributed by atoms with E-state index in [1.54, 1.807) is 36.2 Å². The fourth-order valence-corrected chi connectivity index (χ4v) is 2.52. The number of nitrogens with zero attached hydrogens (tertiary/aromatic N) is 1. The van der Waals surface area contributed by atoms with Gasteiger partial charge in [0.25, 0.3) is 0 Å². The lowest BCUT2D eigenvalue weighted by Gasteiger charge is -2.18. The number of hydrogen-bond donors (Lipinski definition) is 1. The maximum absolute atomic E-state index is 12.3. The van der Waals surface area contributed by atoms with E-state index in [1.165, 1.54) is 0 Å². The van der Waals surface area contributed by atoms with Gasteiger partial charge in [0.15, 0.2) is 0 Å². The average Bonchev–Trinajstić information content (AvgIpc) is 2.51. The van der Waals surface area contributed by atoms with Crippen molar-refractivity contribution >= 4 is 17.6 Å². The van der Waals surface area contributed by atoms with Gasteiger partial charge < -0.3 is 10.0 Å². The molecule has 0 spiro atoms. The molecule has 0 unspecified atom stereocenters. The van der Waals surface area contributed by atoms with E-state index in [-0.39, 0.29) is 11.5 Å². The summed E-state index contributed by atoms with van der Waals surface area (Å²) in [4.78, 5) is 24.8. The molecule has 2 aromatic carbocycles. The molecule has 1 amide bonds. The van der Waals surface area contributed by atoms with Gasteiger partial charge in [-0.2, -0.15) is 0 Å². The molecule has 2 rings (SSSR count). The van der Waals surface area contributed by atoms with Gasteiger partial charge in [-0.15, -0.1) is 0 Å². The molecule has 0 aromatic heterocycles. The Hall–Kier alpha value is -2.62. The number of amides is 1. The summed E-state index contributed by atoms with van der Waals surface area (Å²) in [5.41, 5.74) is 4.37. The van der Waals surface area contributed by atoms with Crippen molar-refractivity contribution in [3.05, 3.63) is 64.7 Å². The van der Waals surface area contributed by atoms with E-state index in [4.69, 9.17) is 5.11 Å². The van der Waals surface area contributed by atoms with Crippen LogP contribution in [0.3, 0.4) is 0 Å². The van der Waals surface area contributed by atoms with E-state index < -0.39 is 5.97 Å². The Morgan fingerprint density at radius 3 is 2.09 bits per heavy atom. The molecule has 0 saturated heterocycles. The minimum absolute atomic E-state index is 0.0392. The van der Waals surface area contributed by atoms with E-state index in [1.807, 2.05) is 26.0 Å². The number of aromatic carboxylic acids is 1. The van der Waals surface area contributed by atoms with Crippen molar-refractivity contribution in [3.8, 4) is 0 Å². The summed E-state index contributed by atoms with van der Waals surface area (Å²) in [6, 6.07) is 12.7. The third-order valence-electron chi connectivity index (χ3n) is 3.80. The summed E-state index contributed by atoms with van der Waals surface area (Å²) in [6.07, 6.45) is 0.976. The molecule has 4 nitrogen and oxygen atoms in total. The van der Waals surface area contributed by atoms with Crippen molar-refractivity contribution < 1.29 is 14.7 Å². The van der Waals surface area contributed by atoms with E-state index >= 15 is 0 Å². The van der Waals surface area contributed by atoms with Gasteiger partial charge in [-0.25, -0.2) is 4.79 Å². The number of rotatable bonds is 5. The normalized spacial score (nSPS) is 10.4. The van der Waals surface area contributed by atoms with Crippen molar-refractivity contribution in [3.63, 3.8) is 0 Å². The Labute approximate surface area is 136 Å². The summed E-state index contributed by atoms with van der Waals surface area (Å²) >= 11 is 0. The summed E-state index contributed by atoms with van der Waals surface area (Å²) < 4.78 is 0. The third-order valence-corrected chi connectivity index (χ3v) is 3.80. The van der Waals surface area contributed by atoms with Gasteiger partial charge in [0, 0.05) is 19.2 Å². The number of benzene rings is 2. The van der Waals surface area contributed by atoms with Crippen molar-refractivity contribution in [1.82, 2.24) is 0 Å². The molecule has 0 fully saturated rings. The van der Waals surface area contributed by atoms with Gasteiger partial charge in [0.05, 0.1) is 5.56 Å². The Kier molecular flexibility index (Phi) is 5.16. The summed E-state index contributed by atoms with van der Waals surface area (Å²) in [6.45, 7) is 4.03. The van der Waals surface area contributed by atoms with Crippen molar-refractivity contribution in [2.45, 2.75) is 26.7 Å². The first-order chi connectivity index (χ1) is 10.9. The van der Waals surface area contributed by atoms with Crippen LogP contribution in [0, 0.1) is 13.8 Å². The van der Waals surface area contributed by atoms with Crippen LogP contribution in [-0.4, -0.2) is 24.0 Å². The van der Waals surface area contributed by atoms with Gasteiger partial charge in [-0.05, 0) is 61.2 Å². The van der Waals surface area contributed by atoms with Crippen LogP contribution in [0.25, 0.3) is 0 Å². The first-order valence-electron chi connectivity index (χ1n) is 7.54. The maximum Gasteiger partial charge on any atom is 0.335 e. The molecule has 120 valence electrons. The highest BCUT2D eigenvalue weighted by atomic mass is 16.4. The molecule has 0 aliphatic heterocycles. The molecular formula is C19H21NO3. The fraction of sp³-hybridized carbons (Fsp3) is 0.263. The van der Waals surface area contributed by atoms with Gasteiger partial charge in [0.1, 0.15) is 0 Å². The third kappa shape index (κ3) is 4.42. The van der Waals surface area contributed by atoms with Crippen LogP contribution in [0.1, 0.15) is 33.5 Å². The highest BCUT2D eigenvalue weighted by Gasteiger charge is 2.12. The number of carbonyl (C=O) groups excluding carboxylic acids is 1. The van der Waals surface area contributed by atoms with E-state index in [2.05, 4.69) is 6.07 Å². The monoisotopic (exact) mass is 311 g/mol. The van der Waals surface area contributed by atoms with Crippen LogP contribution in [0.4, 0.5) is 5.69 Å². The number of carboxylic acid groups (broad SMARTS) is 1. The molecule has 0 bridgehead atoms. The number of anilines is 1. The Morgan fingerprint density at radius 2 is 1.57 bits per heavy atom. The largest absolute Gasteiger partial charge is 0.478 e. The molecule has 1 N–H and O–H groups in total. The topological polar surface area (TPSA) is 57.6 Å². The van der Waals surface area contributed by atoms with Gasteiger partial charge in [-0.3, -0.25) is 4.79 Å². The molecule has 2 aromatic rings. The molecule has 0 radical (unpaired) electrons. The molecular weight excluding hydrogens is 290 g/mol. The van der Waals surface area contributed by atoms with Crippen LogP contribution < -0.4 is 4.90 Å². The second-order valence-electron chi connectivity index (χ2n) is 5.80. The van der Waals surface area contributed by atoms with Crippen molar-refractivity contribution in [1.29, 1.82) is 0 Å². The lowest BCUT2D eigenvalue weighted by molar-refractivity contribution is -0.118. The zero-order valence-electron chi connectivity index (χ0n) is 13.7. The van der Waals surface area contributed by atoms with Gasteiger partial charge >= 0.3 is 5.97 Å². The fourth-order valence-electron chi connectivity index (χ4n) is 2.52. The summed E-state index contributed by atoms with van der Waals surface area (Å²) in [5, 5.41) is 8.88. The van der Waals surface area contributed by atoms with Crippen LogP contribution in [0.15, 0.2) is 42.5 Å². The first-order valence-corrected chi connectivity index (χ1v) is 7.54. The number of hydrogen-bond acceptors (Lipinski definition) is 2. The van der Waals surface area contributed by atoms with E-state index in [0.717, 1.165) is 22.4 Å². The highest BCUT2D eigenvalue weighted by molar-refractivity contribution is 5.93. The SMILES string of the molecule is Cc1cc(C)cc(N(C)C(=O)CCc2ccc(C(=O)O)cc2)c1. The smallest absolute Gasteiger partial charge is 0.335 e. The average molecular weight is 311 g/mol. The standard InChI is InChI=1S/C19H21NO3/c1-13-10-14(2)12-17(11-13)20(3)18(21)9-6-15-4-7-16(8-5-15)19(22)23/h4-5,7-8,10-12H,6,9H2,1-3H3,(H,22,23). The molecule has 0 heterocycles. The Balaban J connectivity index is 1.99. The minimum atomic E-state index is -0.942. The Bertz CT molecular complexity index is 700. The second kappa shape index (κ2) is 7.09. The number of carboxylic acids is 1. The number of carbonyl (C=O) groups is 2. The quantitative estimate of drug-likeness (QED) is 0.918. The lowest BCUT2D eigenvalue weighted by atomic mass is 10.1. The predicted octanol–water partition coefficient (Wildman–Crippen LogP) is 3.60. The Morgan fingerprint density at radius 1 is 1.00 bits per heavy atom. The summed E-state index contributed by atoms with van der Waals surface area (Å²) in [5.74, 6) is -0.903. The lowest BCUT2D eigenvalue weighted by Crippen LogP contribution is -2.26. The van der Waals surface area contributed by atoms with Crippen LogP contribution in [-0.2, 0) is 11.2 Å².